The maximum Gasteiger partial charge on any atom is 0.245 e. The molecule has 1 amide bonds. The predicted octanol–water partition coefficient (Wildman–Crippen LogP) is 3.09. The minimum Gasteiger partial charge on any atom is -0.356 e. The van der Waals surface area contributed by atoms with Crippen LogP contribution in [0.4, 0.5) is 10.2 Å². The number of anilines is 1. The van der Waals surface area contributed by atoms with Gasteiger partial charge in [0.25, 0.3) is 0 Å². The van der Waals surface area contributed by atoms with Crippen molar-refractivity contribution in [3.63, 3.8) is 0 Å². The molecule has 3 rings (SSSR count). The highest BCUT2D eigenvalue weighted by Crippen LogP contribution is 2.25. The van der Waals surface area contributed by atoms with Crippen molar-refractivity contribution in [2.75, 3.05) is 18.4 Å². The van der Waals surface area contributed by atoms with Crippen molar-refractivity contribution >= 4 is 41.0 Å². The summed E-state index contributed by atoms with van der Waals surface area (Å²) >= 11 is 0. The second-order valence-electron chi connectivity index (χ2n) is 7.50. The van der Waals surface area contributed by atoms with Crippen LogP contribution < -0.4 is 5.32 Å². The van der Waals surface area contributed by atoms with E-state index < -0.39 is 12.2 Å². The Morgan fingerprint density at radius 3 is 2.81 bits per heavy atom. The van der Waals surface area contributed by atoms with E-state index >= 15 is 0 Å². The number of amidine groups is 1. The molecule has 2 atom stereocenters. The molecule has 0 saturated carbocycles. The second-order valence-corrected chi connectivity index (χ2v) is 7.50. The van der Waals surface area contributed by atoms with E-state index in [-0.39, 0.29) is 12.5 Å². The molecule has 1 saturated heterocycles. The summed E-state index contributed by atoms with van der Waals surface area (Å²) in [5.74, 6) is 1.63. The van der Waals surface area contributed by atoms with Gasteiger partial charge in [0.05, 0.1) is 6.54 Å². The minimum absolute atomic E-state index is 0.123. The van der Waals surface area contributed by atoms with Gasteiger partial charge >= 0.3 is 0 Å². The third-order valence-corrected chi connectivity index (χ3v) is 5.33. The normalized spacial score (nSPS) is 18.5. The van der Waals surface area contributed by atoms with Crippen molar-refractivity contribution in [3.8, 4) is 0 Å². The summed E-state index contributed by atoms with van der Waals surface area (Å²) in [6.45, 7) is 12.3. The van der Waals surface area contributed by atoms with Crippen LogP contribution in [0.2, 0.25) is 0 Å². The first kappa shape index (κ1) is 22.5. The number of aryl methyl sites for hydroxylation is 1. The van der Waals surface area contributed by atoms with Gasteiger partial charge < -0.3 is 14.8 Å². The van der Waals surface area contributed by atoms with Gasteiger partial charge in [-0.05, 0) is 40.3 Å². The fourth-order valence-corrected chi connectivity index (χ4v) is 3.57. The van der Waals surface area contributed by atoms with Crippen LogP contribution in [0.1, 0.15) is 46.4 Å². The highest BCUT2D eigenvalue weighted by atomic mass is 19.1. The van der Waals surface area contributed by atoms with E-state index in [2.05, 4.69) is 32.0 Å². The van der Waals surface area contributed by atoms with Gasteiger partial charge in [-0.3, -0.25) is 4.79 Å². The lowest BCUT2D eigenvalue weighted by Crippen LogP contribution is -2.41. The standard InChI is InChI=1S/C21H29FN8O/c1-6-16(21(31)29-9-8-15(22)11-29)27-18-17-20(26-12-25-18)30(7-2)19(28-17)13(3)10-24-14(4)23-5/h10,12,15-16H,5-9,11H2,1-4H3,(H,25,26,27)/b13-10+,24-14?/t15-,16-/m0/s1. The Labute approximate surface area is 181 Å². The third kappa shape index (κ3) is 4.78. The number of rotatable bonds is 7. The lowest BCUT2D eigenvalue weighted by molar-refractivity contribution is -0.131. The first-order valence-electron chi connectivity index (χ1n) is 10.5. The van der Waals surface area contributed by atoms with Crippen molar-refractivity contribution in [1.29, 1.82) is 0 Å². The molecular formula is C21H29FN8O. The average molecular weight is 429 g/mol. The number of halogens is 1. The lowest BCUT2D eigenvalue weighted by Gasteiger charge is -2.23. The number of nitrogens with one attached hydrogen (secondary N) is 1. The van der Waals surface area contributed by atoms with E-state index in [0.29, 0.717) is 54.6 Å². The Hall–Kier alpha value is -3.17. The quantitative estimate of drug-likeness (QED) is 0.539. The zero-order valence-electron chi connectivity index (χ0n) is 18.5. The molecule has 166 valence electrons. The summed E-state index contributed by atoms with van der Waals surface area (Å²) in [5.41, 5.74) is 2.08. The van der Waals surface area contributed by atoms with Gasteiger partial charge in [0.1, 0.15) is 30.2 Å². The molecule has 9 nitrogen and oxygen atoms in total. The molecule has 0 bridgehead atoms. The van der Waals surface area contributed by atoms with E-state index in [1.54, 1.807) is 18.0 Å². The van der Waals surface area contributed by atoms with Gasteiger partial charge in [-0.15, -0.1) is 0 Å². The molecule has 1 aliphatic rings. The minimum atomic E-state index is -0.952. The number of nitrogens with zero attached hydrogens (tertiary/aromatic N) is 7. The van der Waals surface area contributed by atoms with Crippen molar-refractivity contribution < 1.29 is 9.18 Å². The summed E-state index contributed by atoms with van der Waals surface area (Å²) in [6, 6.07) is -0.513. The average Bonchev–Trinajstić information content (AvgIpc) is 3.38. The van der Waals surface area contributed by atoms with E-state index in [0.717, 1.165) is 5.57 Å². The number of allylic oxidation sites excluding steroid dienone is 1. The summed E-state index contributed by atoms with van der Waals surface area (Å²) in [4.78, 5) is 36.0. The van der Waals surface area contributed by atoms with Crippen LogP contribution in [-0.2, 0) is 11.3 Å². The van der Waals surface area contributed by atoms with Gasteiger partial charge in [0, 0.05) is 24.9 Å². The molecule has 1 N–H and O–H groups in total. The van der Waals surface area contributed by atoms with Gasteiger partial charge in [-0.25, -0.2) is 29.3 Å². The number of amides is 1. The first-order chi connectivity index (χ1) is 14.9. The van der Waals surface area contributed by atoms with Crippen LogP contribution in [0.25, 0.3) is 16.7 Å². The molecule has 0 spiro atoms. The van der Waals surface area contributed by atoms with Crippen molar-refractivity contribution in [2.45, 2.75) is 59.3 Å². The molecular weight excluding hydrogens is 399 g/mol. The Balaban J connectivity index is 1.95. The van der Waals surface area contributed by atoms with Crippen molar-refractivity contribution in [2.24, 2.45) is 9.98 Å². The highest BCUT2D eigenvalue weighted by molar-refractivity contribution is 5.90. The number of carbonyl (C=O) groups is 1. The van der Waals surface area contributed by atoms with Gasteiger partial charge in [0.2, 0.25) is 5.91 Å². The number of likely N-dealkylation sites (tertiary alicyclic amines) is 1. The largest absolute Gasteiger partial charge is 0.356 e. The fourth-order valence-electron chi connectivity index (χ4n) is 3.57. The molecule has 0 radical (unpaired) electrons. The maximum atomic E-state index is 13.6. The van der Waals surface area contributed by atoms with E-state index in [9.17, 15) is 9.18 Å². The summed E-state index contributed by atoms with van der Waals surface area (Å²) in [7, 11) is 0. The number of alkyl halides is 1. The van der Waals surface area contributed by atoms with Gasteiger partial charge in [-0.2, -0.15) is 0 Å². The molecule has 2 aromatic heterocycles. The first-order valence-corrected chi connectivity index (χ1v) is 10.5. The van der Waals surface area contributed by atoms with Crippen LogP contribution in [-0.4, -0.2) is 68.2 Å². The third-order valence-electron chi connectivity index (χ3n) is 5.33. The molecule has 10 heteroatoms. The SMILES string of the molecule is C=NC(C)=N/C=C(\C)c1nc2c(N[C@@H](CC)C(=O)N3CC[C@H](F)C3)ncnc2n1CC. The van der Waals surface area contributed by atoms with Crippen LogP contribution in [0.3, 0.4) is 0 Å². The summed E-state index contributed by atoms with van der Waals surface area (Å²) < 4.78 is 15.5. The Kier molecular flexibility index (Phi) is 7.09. The number of imidazole rings is 1. The second kappa shape index (κ2) is 9.76. The van der Waals surface area contributed by atoms with E-state index in [1.807, 2.05) is 25.3 Å². The maximum absolute atomic E-state index is 13.6. The molecule has 0 aromatic carbocycles. The lowest BCUT2D eigenvalue weighted by atomic mass is 10.2. The Morgan fingerprint density at radius 2 is 2.19 bits per heavy atom. The van der Waals surface area contributed by atoms with E-state index in [4.69, 9.17) is 4.98 Å². The molecule has 0 aliphatic carbocycles. The summed E-state index contributed by atoms with van der Waals surface area (Å²) in [5, 5.41) is 3.22. The van der Waals surface area contributed by atoms with Crippen molar-refractivity contribution in [1.82, 2.24) is 24.4 Å². The smallest absolute Gasteiger partial charge is 0.245 e. The fraction of sp³-hybridized carbons (Fsp3) is 0.524. The predicted molar refractivity (Wildman–Crippen MR) is 121 cm³/mol. The van der Waals surface area contributed by atoms with E-state index in [1.165, 1.54) is 6.33 Å². The van der Waals surface area contributed by atoms with Crippen LogP contribution in [0.5, 0.6) is 0 Å². The number of hydrogen-bond acceptors (Lipinski definition) is 6. The molecule has 2 aromatic rings. The van der Waals surface area contributed by atoms with Gasteiger partial charge in [0.15, 0.2) is 17.0 Å². The van der Waals surface area contributed by atoms with Gasteiger partial charge in [-0.1, -0.05) is 6.92 Å². The number of fused-ring (bicyclic) bond motifs is 1. The number of aromatic nitrogens is 4. The molecule has 1 fully saturated rings. The Bertz CT molecular complexity index is 1030. The molecule has 3 heterocycles. The number of carbonyl (C=O) groups excluding carboxylic acids is 1. The highest BCUT2D eigenvalue weighted by Gasteiger charge is 2.30. The Morgan fingerprint density at radius 1 is 1.42 bits per heavy atom. The zero-order chi connectivity index (χ0) is 22.5. The summed E-state index contributed by atoms with van der Waals surface area (Å²) in [6.07, 6.45) is 3.12. The topological polar surface area (TPSA) is 101 Å². The number of aliphatic imine (C=N–C) groups is 2. The number of hydrogen-bond donors (Lipinski definition) is 1. The monoisotopic (exact) mass is 428 g/mol. The molecule has 0 unspecified atom stereocenters. The van der Waals surface area contributed by atoms with Crippen LogP contribution >= 0.6 is 0 Å². The van der Waals surface area contributed by atoms with Crippen LogP contribution in [0.15, 0.2) is 22.5 Å². The zero-order valence-corrected chi connectivity index (χ0v) is 18.5. The van der Waals surface area contributed by atoms with Crippen LogP contribution in [0, 0.1) is 0 Å². The molecule has 31 heavy (non-hydrogen) atoms. The van der Waals surface area contributed by atoms with Crippen molar-refractivity contribution in [3.05, 3.63) is 18.4 Å². The molecule has 1 aliphatic heterocycles.